The highest BCUT2D eigenvalue weighted by Gasteiger charge is 2.16. The predicted octanol–water partition coefficient (Wildman–Crippen LogP) is -0.655. The average Bonchev–Trinajstić information content (AvgIpc) is 2.40. The molecule has 1 atom stereocenters. The van der Waals surface area contributed by atoms with Crippen molar-refractivity contribution in [2.24, 2.45) is 5.73 Å². The molecule has 1 aromatic rings. The molecule has 1 aliphatic rings. The van der Waals surface area contributed by atoms with Crippen LogP contribution in [0.15, 0.2) is 36.9 Å². The summed E-state index contributed by atoms with van der Waals surface area (Å²) in [6.45, 7) is 0. The van der Waals surface area contributed by atoms with Gasteiger partial charge in [0.2, 0.25) is 6.21 Å². The number of carboxylic acids is 1. The molecule has 7 heteroatoms. The Hall–Kier alpha value is -2.54. The molecule has 0 amide bonds. The van der Waals surface area contributed by atoms with E-state index < -0.39 is 12.0 Å². The summed E-state index contributed by atoms with van der Waals surface area (Å²) >= 11 is 0. The Morgan fingerprint density at radius 1 is 1.50 bits per heavy atom. The van der Waals surface area contributed by atoms with Crippen LogP contribution in [0.1, 0.15) is 5.82 Å². The Balaban J connectivity index is 2.10. The average molecular weight is 246 g/mol. The fraction of sp³-hybridized carbons (Fsp3) is 0.0909. The predicted molar refractivity (Wildman–Crippen MR) is 64.2 cm³/mol. The zero-order valence-corrected chi connectivity index (χ0v) is 9.39. The fourth-order valence-electron chi connectivity index (χ4n) is 1.31. The lowest BCUT2D eigenvalue weighted by molar-refractivity contribution is -0.508. The summed E-state index contributed by atoms with van der Waals surface area (Å²) in [7, 11) is 0. The number of aromatic nitrogens is 2. The lowest BCUT2D eigenvalue weighted by Crippen LogP contribution is -2.37. The minimum atomic E-state index is -1.09. The molecular formula is C11H12N5O2+. The second-order valence-corrected chi connectivity index (χ2v) is 3.54. The van der Waals surface area contributed by atoms with Gasteiger partial charge >= 0.3 is 5.97 Å². The quantitative estimate of drug-likeness (QED) is 0.612. The van der Waals surface area contributed by atoms with E-state index in [0.717, 1.165) is 5.57 Å². The zero-order chi connectivity index (χ0) is 13.0. The van der Waals surface area contributed by atoms with E-state index in [9.17, 15) is 4.79 Å². The van der Waals surface area contributed by atoms with Crippen molar-refractivity contribution >= 4 is 17.8 Å². The van der Waals surface area contributed by atoms with Gasteiger partial charge in [-0.15, -0.1) is 0 Å². The van der Waals surface area contributed by atoms with Gasteiger partial charge in [0.05, 0.1) is 6.20 Å². The number of carboxylic acid groups (broad SMARTS) is 1. The molecule has 4 N–H and O–H groups in total. The standard InChI is InChI=1S/C11H11N5O2/c12-9(11(17)18)7-16-5-2-8(6-15-16)10-13-3-1-4-14-10/h1-7,9H,12H2,(H-,13,14,15,17,18)/p+1/t9-/m0/s1. The summed E-state index contributed by atoms with van der Waals surface area (Å²) in [5, 5.41) is 8.67. The summed E-state index contributed by atoms with van der Waals surface area (Å²) in [6, 6.07) is 0.667. The SMILES string of the molecule is N[C@@H](C=[N+]1C=CC(c2ncccn2)=CN1)C(=O)O. The molecule has 0 aliphatic carbocycles. The number of hydrogen-bond acceptors (Lipinski definition) is 5. The molecule has 92 valence electrons. The Morgan fingerprint density at radius 2 is 2.22 bits per heavy atom. The van der Waals surface area contributed by atoms with Gasteiger partial charge in [-0.3, -0.25) is 0 Å². The minimum Gasteiger partial charge on any atom is -0.480 e. The van der Waals surface area contributed by atoms with E-state index in [4.69, 9.17) is 10.8 Å². The van der Waals surface area contributed by atoms with Gasteiger partial charge in [-0.05, 0) is 6.07 Å². The maximum absolute atomic E-state index is 10.6. The molecule has 1 aliphatic heterocycles. The topological polar surface area (TPSA) is 104 Å². The van der Waals surface area contributed by atoms with Gasteiger partial charge in [0.15, 0.2) is 18.1 Å². The van der Waals surface area contributed by atoms with Gasteiger partial charge < -0.3 is 10.8 Å². The second-order valence-electron chi connectivity index (χ2n) is 3.54. The number of nitrogens with two attached hydrogens (primary N) is 1. The first-order chi connectivity index (χ1) is 8.66. The smallest absolute Gasteiger partial charge is 0.330 e. The number of aliphatic carboxylic acids is 1. The lowest BCUT2D eigenvalue weighted by atomic mass is 10.2. The van der Waals surface area contributed by atoms with Crippen molar-refractivity contribution in [3.8, 4) is 0 Å². The van der Waals surface area contributed by atoms with Crippen molar-refractivity contribution in [3.05, 3.63) is 42.8 Å². The summed E-state index contributed by atoms with van der Waals surface area (Å²) in [4.78, 5) is 18.8. The molecule has 7 nitrogen and oxygen atoms in total. The molecule has 0 unspecified atom stereocenters. The Bertz CT molecular complexity index is 536. The van der Waals surface area contributed by atoms with E-state index in [1.165, 1.54) is 10.9 Å². The molecule has 2 heterocycles. The third-order valence-corrected chi connectivity index (χ3v) is 2.21. The van der Waals surface area contributed by atoms with Crippen molar-refractivity contribution in [2.45, 2.75) is 6.04 Å². The molecule has 0 saturated heterocycles. The van der Waals surface area contributed by atoms with E-state index in [1.807, 2.05) is 0 Å². The number of hydrogen-bond donors (Lipinski definition) is 3. The van der Waals surface area contributed by atoms with Crippen LogP contribution in [0.25, 0.3) is 5.57 Å². The van der Waals surface area contributed by atoms with Crippen molar-refractivity contribution in [2.75, 3.05) is 0 Å². The number of carbonyl (C=O) groups is 1. The molecule has 0 aromatic carbocycles. The number of hydrazine groups is 1. The van der Waals surface area contributed by atoms with Crippen LogP contribution in [0.3, 0.4) is 0 Å². The first-order valence-electron chi connectivity index (χ1n) is 5.20. The Kier molecular flexibility index (Phi) is 3.44. The molecule has 0 bridgehead atoms. The number of rotatable bonds is 3. The Labute approximate surface area is 103 Å². The minimum absolute atomic E-state index is 0.587. The van der Waals surface area contributed by atoms with Gasteiger partial charge in [0.25, 0.3) is 0 Å². The van der Waals surface area contributed by atoms with Crippen LogP contribution in [0.4, 0.5) is 0 Å². The first-order valence-corrected chi connectivity index (χ1v) is 5.20. The maximum Gasteiger partial charge on any atom is 0.330 e. The van der Waals surface area contributed by atoms with Gasteiger partial charge in [0, 0.05) is 24.0 Å². The molecule has 0 spiro atoms. The first kappa shape index (κ1) is 11.9. The van der Waals surface area contributed by atoms with Crippen LogP contribution in [-0.2, 0) is 4.79 Å². The molecule has 18 heavy (non-hydrogen) atoms. The van der Waals surface area contributed by atoms with Crippen molar-refractivity contribution in [3.63, 3.8) is 0 Å². The van der Waals surface area contributed by atoms with Crippen LogP contribution in [0, 0.1) is 0 Å². The van der Waals surface area contributed by atoms with Gasteiger partial charge in [-0.1, -0.05) is 4.68 Å². The van der Waals surface area contributed by atoms with E-state index >= 15 is 0 Å². The molecule has 0 fully saturated rings. The normalized spacial score (nSPS) is 18.1. The summed E-state index contributed by atoms with van der Waals surface area (Å²) < 4.78 is 1.46. The molecule has 0 radical (unpaired) electrons. The van der Waals surface area contributed by atoms with Gasteiger partial charge in [-0.2, -0.15) is 5.43 Å². The second kappa shape index (κ2) is 5.19. The number of allylic oxidation sites excluding steroid dienone is 2. The van der Waals surface area contributed by atoms with Crippen LogP contribution in [-0.4, -0.2) is 38.0 Å². The molecule has 2 rings (SSSR count). The van der Waals surface area contributed by atoms with Crippen LogP contribution < -0.4 is 11.2 Å². The van der Waals surface area contributed by atoms with Crippen molar-refractivity contribution in [1.82, 2.24) is 15.4 Å². The van der Waals surface area contributed by atoms with Crippen LogP contribution in [0.5, 0.6) is 0 Å². The van der Waals surface area contributed by atoms with Gasteiger partial charge in [0.1, 0.15) is 0 Å². The molecular weight excluding hydrogens is 234 g/mol. The van der Waals surface area contributed by atoms with E-state index in [2.05, 4.69) is 15.4 Å². The largest absolute Gasteiger partial charge is 0.480 e. The number of nitrogens with one attached hydrogen (secondary N) is 1. The highest BCUT2D eigenvalue weighted by Crippen LogP contribution is 2.10. The van der Waals surface area contributed by atoms with Crippen molar-refractivity contribution in [1.29, 1.82) is 0 Å². The summed E-state index contributed by atoms with van der Waals surface area (Å²) in [6.07, 6.45) is 9.72. The van der Waals surface area contributed by atoms with E-state index in [0.29, 0.717) is 5.82 Å². The monoisotopic (exact) mass is 246 g/mol. The highest BCUT2D eigenvalue weighted by atomic mass is 16.4. The summed E-state index contributed by atoms with van der Waals surface area (Å²) in [5.41, 5.74) is 9.03. The summed E-state index contributed by atoms with van der Waals surface area (Å²) in [5.74, 6) is -0.505. The van der Waals surface area contributed by atoms with Crippen LogP contribution in [0.2, 0.25) is 0 Å². The lowest BCUT2D eigenvalue weighted by Gasteiger charge is -2.06. The maximum atomic E-state index is 10.6. The van der Waals surface area contributed by atoms with Crippen LogP contribution >= 0.6 is 0 Å². The molecule has 0 saturated carbocycles. The van der Waals surface area contributed by atoms with E-state index in [1.54, 1.807) is 36.9 Å². The van der Waals surface area contributed by atoms with Gasteiger partial charge in [-0.25, -0.2) is 14.8 Å². The Morgan fingerprint density at radius 3 is 2.78 bits per heavy atom. The number of nitrogens with zero attached hydrogens (tertiary/aromatic N) is 3. The third-order valence-electron chi connectivity index (χ3n) is 2.21. The number of hydrazone groups is 1. The molecule has 1 aromatic heterocycles. The fourth-order valence-corrected chi connectivity index (χ4v) is 1.31. The zero-order valence-electron chi connectivity index (χ0n) is 9.39. The van der Waals surface area contributed by atoms with E-state index in [-0.39, 0.29) is 0 Å². The third kappa shape index (κ3) is 2.77. The van der Waals surface area contributed by atoms with Crippen molar-refractivity contribution < 1.29 is 14.6 Å². The highest BCUT2D eigenvalue weighted by molar-refractivity contribution is 5.90.